The standard InChI is InChI=1S/C14H18N4OS/c1-18-13(8(5-16-18)12(15)20)17-14(19)11-9-6-2-3-7(4-6)10(9)11/h5-7,9-11H,2-4H2,1H3,(H2,15,20)(H,17,19). The highest BCUT2D eigenvalue weighted by molar-refractivity contribution is 7.80. The Kier molecular flexibility index (Phi) is 2.49. The Morgan fingerprint density at radius 2 is 2.10 bits per heavy atom. The highest BCUT2D eigenvalue weighted by Crippen LogP contribution is 2.69. The second kappa shape index (κ2) is 4.04. The normalized spacial score (nSPS) is 36.8. The maximum absolute atomic E-state index is 12.5. The molecule has 1 aromatic heterocycles. The van der Waals surface area contributed by atoms with Gasteiger partial charge in [0, 0.05) is 13.0 Å². The summed E-state index contributed by atoms with van der Waals surface area (Å²) < 4.78 is 1.62. The average Bonchev–Trinajstić information content (AvgIpc) is 2.71. The summed E-state index contributed by atoms with van der Waals surface area (Å²) in [6, 6.07) is 0. The molecule has 0 aromatic carbocycles. The zero-order valence-electron chi connectivity index (χ0n) is 11.4. The predicted molar refractivity (Wildman–Crippen MR) is 79.0 cm³/mol. The lowest BCUT2D eigenvalue weighted by atomic mass is 10.0. The van der Waals surface area contributed by atoms with E-state index in [4.69, 9.17) is 18.0 Å². The molecule has 4 unspecified atom stereocenters. The van der Waals surface area contributed by atoms with Gasteiger partial charge in [-0.2, -0.15) is 5.10 Å². The van der Waals surface area contributed by atoms with Crippen LogP contribution in [0.3, 0.4) is 0 Å². The molecule has 4 atom stereocenters. The fourth-order valence-corrected chi connectivity index (χ4v) is 4.79. The van der Waals surface area contributed by atoms with Crippen LogP contribution in [-0.2, 0) is 11.8 Å². The van der Waals surface area contributed by atoms with Crippen LogP contribution in [0.5, 0.6) is 0 Å². The molecule has 3 fully saturated rings. The molecule has 3 saturated carbocycles. The lowest BCUT2D eigenvalue weighted by Crippen LogP contribution is -2.22. The minimum atomic E-state index is 0.123. The number of carbonyl (C=O) groups excluding carboxylic acids is 1. The van der Waals surface area contributed by atoms with Crippen molar-refractivity contribution in [2.45, 2.75) is 19.3 Å². The van der Waals surface area contributed by atoms with Crippen molar-refractivity contribution in [2.75, 3.05) is 5.32 Å². The Morgan fingerprint density at radius 1 is 1.45 bits per heavy atom. The average molecular weight is 290 g/mol. The van der Waals surface area contributed by atoms with Gasteiger partial charge in [0.1, 0.15) is 10.8 Å². The number of fused-ring (bicyclic) bond motifs is 5. The minimum absolute atomic E-state index is 0.123. The van der Waals surface area contributed by atoms with Crippen LogP contribution in [0.4, 0.5) is 5.82 Å². The molecular formula is C14H18N4OS. The summed E-state index contributed by atoms with van der Waals surface area (Å²) in [5, 5.41) is 7.11. The van der Waals surface area contributed by atoms with Crippen molar-refractivity contribution in [3.05, 3.63) is 11.8 Å². The van der Waals surface area contributed by atoms with Crippen molar-refractivity contribution in [2.24, 2.45) is 42.4 Å². The molecule has 3 N–H and O–H groups in total. The number of hydrogen-bond acceptors (Lipinski definition) is 3. The number of anilines is 1. The molecule has 5 nitrogen and oxygen atoms in total. The molecule has 20 heavy (non-hydrogen) atoms. The van der Waals surface area contributed by atoms with Crippen molar-refractivity contribution in [1.82, 2.24) is 9.78 Å². The molecule has 3 aliphatic carbocycles. The Hall–Kier alpha value is -1.43. The van der Waals surface area contributed by atoms with E-state index < -0.39 is 0 Å². The summed E-state index contributed by atoms with van der Waals surface area (Å²) in [4.78, 5) is 12.8. The number of hydrogen-bond donors (Lipinski definition) is 2. The van der Waals surface area contributed by atoms with E-state index >= 15 is 0 Å². The van der Waals surface area contributed by atoms with Gasteiger partial charge >= 0.3 is 0 Å². The van der Waals surface area contributed by atoms with Crippen LogP contribution < -0.4 is 11.1 Å². The van der Waals surface area contributed by atoms with Crippen LogP contribution >= 0.6 is 12.2 Å². The Labute approximate surface area is 122 Å². The maximum Gasteiger partial charge on any atom is 0.229 e. The molecular weight excluding hydrogens is 272 g/mol. The molecule has 1 amide bonds. The van der Waals surface area contributed by atoms with Crippen LogP contribution in [0.1, 0.15) is 24.8 Å². The van der Waals surface area contributed by atoms with E-state index in [0.29, 0.717) is 23.2 Å². The Balaban J connectivity index is 1.52. The van der Waals surface area contributed by atoms with Crippen molar-refractivity contribution in [3.8, 4) is 0 Å². The van der Waals surface area contributed by atoms with E-state index in [9.17, 15) is 4.79 Å². The largest absolute Gasteiger partial charge is 0.389 e. The highest BCUT2D eigenvalue weighted by atomic mass is 32.1. The highest BCUT2D eigenvalue weighted by Gasteiger charge is 2.67. The zero-order valence-corrected chi connectivity index (χ0v) is 12.2. The van der Waals surface area contributed by atoms with Gasteiger partial charge in [-0.05, 0) is 42.9 Å². The van der Waals surface area contributed by atoms with Crippen LogP contribution in [0.15, 0.2) is 6.20 Å². The first-order valence-corrected chi connectivity index (χ1v) is 7.61. The van der Waals surface area contributed by atoms with Crippen LogP contribution in [0.2, 0.25) is 0 Å². The molecule has 6 heteroatoms. The van der Waals surface area contributed by atoms with Crippen molar-refractivity contribution in [3.63, 3.8) is 0 Å². The summed E-state index contributed by atoms with van der Waals surface area (Å²) in [6.07, 6.45) is 5.59. The summed E-state index contributed by atoms with van der Waals surface area (Å²) in [7, 11) is 1.79. The number of nitrogens with zero attached hydrogens (tertiary/aromatic N) is 2. The topological polar surface area (TPSA) is 72.9 Å². The molecule has 106 valence electrons. The number of aryl methyl sites for hydroxylation is 1. The fraction of sp³-hybridized carbons (Fsp3) is 0.643. The number of carbonyl (C=O) groups is 1. The zero-order chi connectivity index (χ0) is 14.0. The van der Waals surface area contributed by atoms with Gasteiger partial charge < -0.3 is 11.1 Å². The number of nitrogens with one attached hydrogen (secondary N) is 1. The second-order valence-corrected chi connectivity index (χ2v) is 6.84. The van der Waals surface area contributed by atoms with Gasteiger partial charge in [-0.1, -0.05) is 12.2 Å². The second-order valence-electron chi connectivity index (χ2n) is 6.40. The van der Waals surface area contributed by atoms with Gasteiger partial charge in [-0.3, -0.25) is 9.48 Å². The molecule has 1 aromatic rings. The molecule has 2 bridgehead atoms. The molecule has 0 aliphatic heterocycles. The molecule has 3 aliphatic rings. The lowest BCUT2D eigenvalue weighted by molar-refractivity contribution is -0.118. The minimum Gasteiger partial charge on any atom is -0.389 e. The third kappa shape index (κ3) is 1.57. The third-order valence-electron chi connectivity index (χ3n) is 5.48. The summed E-state index contributed by atoms with van der Waals surface area (Å²) in [6.45, 7) is 0. The van der Waals surface area contributed by atoms with E-state index in [0.717, 1.165) is 11.8 Å². The van der Waals surface area contributed by atoms with E-state index in [-0.39, 0.29) is 16.8 Å². The molecule has 0 saturated heterocycles. The summed E-state index contributed by atoms with van der Waals surface area (Å²) in [5.74, 6) is 3.81. The number of aromatic nitrogens is 2. The quantitative estimate of drug-likeness (QED) is 0.823. The first-order valence-electron chi connectivity index (χ1n) is 7.20. The molecule has 4 rings (SSSR count). The molecule has 1 heterocycles. The van der Waals surface area contributed by atoms with Crippen molar-refractivity contribution in [1.29, 1.82) is 0 Å². The smallest absolute Gasteiger partial charge is 0.229 e. The van der Waals surface area contributed by atoms with Crippen molar-refractivity contribution < 1.29 is 4.79 Å². The summed E-state index contributed by atoms with van der Waals surface area (Å²) in [5.41, 5.74) is 6.31. The number of thiocarbonyl (C=S) groups is 1. The van der Waals surface area contributed by atoms with E-state index in [1.54, 1.807) is 17.9 Å². The third-order valence-corrected chi connectivity index (χ3v) is 5.70. The first kappa shape index (κ1) is 12.3. The van der Waals surface area contributed by atoms with Crippen LogP contribution in [0, 0.1) is 29.6 Å². The van der Waals surface area contributed by atoms with Crippen molar-refractivity contribution >= 4 is 28.9 Å². The number of nitrogens with two attached hydrogens (primary N) is 1. The summed E-state index contributed by atoms with van der Waals surface area (Å²) >= 11 is 5.00. The number of rotatable bonds is 3. The van der Waals surface area contributed by atoms with Gasteiger partial charge in [-0.25, -0.2) is 0 Å². The fourth-order valence-electron chi connectivity index (χ4n) is 4.64. The van der Waals surface area contributed by atoms with Gasteiger partial charge in [-0.15, -0.1) is 0 Å². The van der Waals surface area contributed by atoms with Gasteiger partial charge in [0.05, 0.1) is 11.8 Å². The Morgan fingerprint density at radius 3 is 2.70 bits per heavy atom. The van der Waals surface area contributed by atoms with Gasteiger partial charge in [0.2, 0.25) is 5.91 Å². The molecule has 0 radical (unpaired) electrons. The van der Waals surface area contributed by atoms with E-state index in [1.165, 1.54) is 19.3 Å². The van der Waals surface area contributed by atoms with E-state index in [2.05, 4.69) is 10.4 Å². The maximum atomic E-state index is 12.5. The van der Waals surface area contributed by atoms with E-state index in [1.807, 2.05) is 0 Å². The monoisotopic (exact) mass is 290 g/mol. The van der Waals surface area contributed by atoms with Crippen LogP contribution in [0.25, 0.3) is 0 Å². The SMILES string of the molecule is Cn1ncc(C(N)=S)c1NC(=O)C1C2C3CCC(C3)C12. The van der Waals surface area contributed by atoms with Gasteiger partial charge in [0.25, 0.3) is 0 Å². The van der Waals surface area contributed by atoms with Gasteiger partial charge in [0.15, 0.2) is 0 Å². The predicted octanol–water partition coefficient (Wildman–Crippen LogP) is 1.28. The first-order chi connectivity index (χ1) is 9.58. The Bertz CT molecular complexity index is 594. The van der Waals surface area contributed by atoms with Crippen LogP contribution in [-0.4, -0.2) is 20.7 Å². The molecule has 0 spiro atoms. The number of amides is 1. The lowest BCUT2D eigenvalue weighted by Gasteiger charge is -2.11.